The van der Waals surface area contributed by atoms with Crippen LogP contribution < -0.4 is 11.1 Å². The minimum absolute atomic E-state index is 0.00851. The van der Waals surface area contributed by atoms with Crippen molar-refractivity contribution in [3.05, 3.63) is 47.0 Å². The molecule has 0 spiro atoms. The smallest absolute Gasteiger partial charge is 0.331 e. The average Bonchev–Trinajstić information content (AvgIpc) is 2.67. The van der Waals surface area contributed by atoms with Crippen LogP contribution in [0.15, 0.2) is 35.9 Å². The highest BCUT2D eigenvalue weighted by molar-refractivity contribution is 5.98. The summed E-state index contributed by atoms with van der Waals surface area (Å²) in [7, 11) is 1.64. The fourth-order valence-electron chi connectivity index (χ4n) is 3.13. The molecule has 0 unspecified atom stereocenters. The van der Waals surface area contributed by atoms with E-state index in [4.69, 9.17) is 5.73 Å². The Morgan fingerprint density at radius 3 is 2.30 bits per heavy atom. The Kier molecular flexibility index (Phi) is 8.78. The molecule has 1 aromatic carbocycles. The van der Waals surface area contributed by atoms with Gasteiger partial charge in [-0.2, -0.15) is 0 Å². The Hall–Kier alpha value is -2.67. The SMILES string of the molecule is CC(=C[C@H](C(C)C)N(C)C(=O)[C@@H](NC(=O)c1cccc(CN)c1)C(C)(C)C)C(=O)O. The van der Waals surface area contributed by atoms with Crippen LogP contribution in [0.5, 0.6) is 0 Å². The zero-order valence-electron chi connectivity index (χ0n) is 19.0. The molecule has 0 bridgehead atoms. The first-order chi connectivity index (χ1) is 13.8. The summed E-state index contributed by atoms with van der Waals surface area (Å²) < 4.78 is 0. The number of carboxylic acid groups (broad SMARTS) is 1. The van der Waals surface area contributed by atoms with Gasteiger partial charge in [-0.1, -0.05) is 52.8 Å². The molecule has 0 aromatic heterocycles. The van der Waals surface area contributed by atoms with Crippen molar-refractivity contribution in [2.75, 3.05) is 7.05 Å². The molecule has 0 aliphatic carbocycles. The lowest BCUT2D eigenvalue weighted by atomic mass is 9.85. The maximum Gasteiger partial charge on any atom is 0.331 e. The van der Waals surface area contributed by atoms with Gasteiger partial charge < -0.3 is 21.1 Å². The van der Waals surface area contributed by atoms with E-state index in [2.05, 4.69) is 5.32 Å². The first-order valence-electron chi connectivity index (χ1n) is 10.1. The van der Waals surface area contributed by atoms with Crippen molar-refractivity contribution in [2.45, 2.75) is 60.2 Å². The fourth-order valence-corrected chi connectivity index (χ4v) is 3.13. The highest BCUT2D eigenvalue weighted by Crippen LogP contribution is 2.24. The molecule has 0 fully saturated rings. The van der Waals surface area contributed by atoms with Crippen LogP contribution in [-0.2, 0) is 16.1 Å². The summed E-state index contributed by atoms with van der Waals surface area (Å²) in [5.41, 5.74) is 6.54. The second-order valence-electron chi connectivity index (χ2n) is 9.02. The molecule has 2 amide bonds. The topological polar surface area (TPSA) is 113 Å². The Bertz CT molecular complexity index is 809. The summed E-state index contributed by atoms with van der Waals surface area (Å²) in [6.07, 6.45) is 1.58. The van der Waals surface area contributed by atoms with Crippen molar-refractivity contribution < 1.29 is 19.5 Å². The molecule has 7 heteroatoms. The third kappa shape index (κ3) is 6.69. The standard InChI is InChI=1S/C23H35N3O4/c1-14(2)18(11-15(3)22(29)30)26(7)21(28)19(23(4,5)6)25-20(27)17-10-8-9-16(12-17)13-24/h8-12,14,18-19H,13,24H2,1-7H3,(H,25,27)(H,29,30)/t18-,19-/m1/s1. The molecule has 0 heterocycles. The minimum atomic E-state index is -1.03. The molecular formula is C23H35N3O4. The summed E-state index contributed by atoms with van der Waals surface area (Å²) in [4.78, 5) is 39.0. The molecule has 0 saturated heterocycles. The van der Waals surface area contributed by atoms with Crippen molar-refractivity contribution in [1.29, 1.82) is 0 Å². The van der Waals surface area contributed by atoms with Crippen LogP contribution in [0.3, 0.4) is 0 Å². The second-order valence-corrected chi connectivity index (χ2v) is 9.02. The molecule has 4 N–H and O–H groups in total. The molecule has 0 aliphatic heterocycles. The van der Waals surface area contributed by atoms with Crippen LogP contribution in [0.2, 0.25) is 0 Å². The number of nitrogens with two attached hydrogens (primary N) is 1. The van der Waals surface area contributed by atoms with Crippen molar-refractivity contribution >= 4 is 17.8 Å². The largest absolute Gasteiger partial charge is 0.478 e. The Balaban J connectivity index is 3.20. The molecule has 7 nitrogen and oxygen atoms in total. The van der Waals surface area contributed by atoms with E-state index in [0.29, 0.717) is 12.1 Å². The number of benzene rings is 1. The predicted molar refractivity (Wildman–Crippen MR) is 118 cm³/mol. The summed E-state index contributed by atoms with van der Waals surface area (Å²) in [6, 6.07) is 5.76. The number of amides is 2. The summed E-state index contributed by atoms with van der Waals surface area (Å²) in [5, 5.41) is 12.1. The zero-order valence-corrected chi connectivity index (χ0v) is 19.0. The van der Waals surface area contributed by atoms with Gasteiger partial charge >= 0.3 is 5.97 Å². The van der Waals surface area contributed by atoms with Crippen LogP contribution in [0.4, 0.5) is 0 Å². The van der Waals surface area contributed by atoms with Crippen LogP contribution in [0, 0.1) is 11.3 Å². The number of nitrogens with zero attached hydrogens (tertiary/aromatic N) is 1. The van der Waals surface area contributed by atoms with E-state index in [1.165, 1.54) is 11.8 Å². The van der Waals surface area contributed by atoms with Crippen LogP contribution in [-0.4, -0.2) is 46.9 Å². The van der Waals surface area contributed by atoms with E-state index in [1.807, 2.05) is 40.7 Å². The highest BCUT2D eigenvalue weighted by atomic mass is 16.4. The van der Waals surface area contributed by atoms with Gasteiger partial charge in [-0.3, -0.25) is 9.59 Å². The van der Waals surface area contributed by atoms with Gasteiger partial charge in [0.2, 0.25) is 5.91 Å². The van der Waals surface area contributed by atoms with Crippen LogP contribution in [0.1, 0.15) is 57.5 Å². The van der Waals surface area contributed by atoms with Crippen LogP contribution in [0.25, 0.3) is 0 Å². The van der Waals surface area contributed by atoms with Gasteiger partial charge in [0, 0.05) is 24.7 Å². The van der Waals surface area contributed by atoms with Gasteiger partial charge in [-0.15, -0.1) is 0 Å². The van der Waals surface area contributed by atoms with Gasteiger partial charge in [0.05, 0.1) is 6.04 Å². The lowest BCUT2D eigenvalue weighted by Gasteiger charge is -2.37. The van der Waals surface area contributed by atoms with E-state index < -0.39 is 23.5 Å². The maximum absolute atomic E-state index is 13.4. The third-order valence-electron chi connectivity index (χ3n) is 5.05. The molecule has 1 aromatic rings. The van der Waals surface area contributed by atoms with E-state index in [-0.39, 0.29) is 23.3 Å². The van der Waals surface area contributed by atoms with Crippen molar-refractivity contribution in [2.24, 2.45) is 17.1 Å². The number of hydrogen-bond acceptors (Lipinski definition) is 4. The highest BCUT2D eigenvalue weighted by Gasteiger charge is 2.37. The number of nitrogens with one attached hydrogen (secondary N) is 1. The monoisotopic (exact) mass is 417 g/mol. The summed E-state index contributed by atoms with van der Waals surface area (Å²) >= 11 is 0. The number of rotatable bonds is 8. The Morgan fingerprint density at radius 2 is 1.83 bits per heavy atom. The van der Waals surface area contributed by atoms with Crippen LogP contribution >= 0.6 is 0 Å². The first-order valence-corrected chi connectivity index (χ1v) is 10.1. The normalized spacial score (nSPS) is 14.2. The van der Waals surface area contributed by atoms with E-state index in [0.717, 1.165) is 5.56 Å². The molecule has 0 aliphatic rings. The zero-order chi connectivity index (χ0) is 23.2. The number of likely N-dealkylation sites (N-methyl/N-ethyl adjacent to an activating group) is 1. The van der Waals surface area contributed by atoms with Crippen molar-refractivity contribution in [1.82, 2.24) is 10.2 Å². The first kappa shape index (κ1) is 25.4. The number of aliphatic carboxylic acids is 1. The fraction of sp³-hybridized carbons (Fsp3) is 0.522. The molecule has 30 heavy (non-hydrogen) atoms. The van der Waals surface area contributed by atoms with Gasteiger partial charge in [-0.05, 0) is 36.0 Å². The molecule has 0 radical (unpaired) electrons. The van der Waals surface area contributed by atoms with Gasteiger partial charge in [-0.25, -0.2) is 4.79 Å². The van der Waals surface area contributed by atoms with E-state index in [1.54, 1.807) is 31.3 Å². The molecule has 166 valence electrons. The minimum Gasteiger partial charge on any atom is -0.478 e. The van der Waals surface area contributed by atoms with Crippen molar-refractivity contribution in [3.8, 4) is 0 Å². The third-order valence-corrected chi connectivity index (χ3v) is 5.05. The molecule has 1 rings (SSSR count). The number of hydrogen-bond donors (Lipinski definition) is 3. The van der Waals surface area contributed by atoms with Crippen molar-refractivity contribution in [3.63, 3.8) is 0 Å². The summed E-state index contributed by atoms with van der Waals surface area (Å²) in [6.45, 7) is 11.3. The lowest BCUT2D eigenvalue weighted by molar-refractivity contribution is -0.137. The molecule has 0 saturated carbocycles. The number of carboxylic acids is 1. The quantitative estimate of drug-likeness (QED) is 0.563. The van der Waals surface area contributed by atoms with Gasteiger partial charge in [0.25, 0.3) is 5.91 Å². The number of carbonyl (C=O) groups is 3. The lowest BCUT2D eigenvalue weighted by Crippen LogP contribution is -2.56. The Labute approximate surface area is 179 Å². The van der Waals surface area contributed by atoms with Gasteiger partial charge in [0.1, 0.15) is 6.04 Å². The molecular weight excluding hydrogens is 382 g/mol. The molecule has 2 atom stereocenters. The summed E-state index contributed by atoms with van der Waals surface area (Å²) in [5.74, 6) is -1.67. The predicted octanol–water partition coefficient (Wildman–Crippen LogP) is 2.80. The second kappa shape index (κ2) is 10.4. The van der Waals surface area contributed by atoms with E-state index in [9.17, 15) is 19.5 Å². The maximum atomic E-state index is 13.4. The van der Waals surface area contributed by atoms with Gasteiger partial charge in [0.15, 0.2) is 0 Å². The number of carbonyl (C=O) groups excluding carboxylic acids is 2. The average molecular weight is 418 g/mol. The Morgan fingerprint density at radius 1 is 1.23 bits per heavy atom. The van der Waals surface area contributed by atoms with E-state index >= 15 is 0 Å².